The Kier molecular flexibility index (Phi) is 6.37. The van der Waals surface area contributed by atoms with Crippen LogP contribution in [0.25, 0.3) is 0 Å². The Labute approximate surface area is 140 Å². The number of hydrogen-bond donors (Lipinski definition) is 1. The second kappa shape index (κ2) is 8.28. The van der Waals surface area contributed by atoms with Crippen molar-refractivity contribution in [3.8, 4) is 11.5 Å². The molecule has 0 spiro atoms. The lowest BCUT2D eigenvalue weighted by molar-refractivity contribution is 0.281. The molecule has 0 bridgehead atoms. The van der Waals surface area contributed by atoms with E-state index in [0.29, 0.717) is 22.3 Å². The zero-order valence-corrected chi connectivity index (χ0v) is 14.0. The number of ether oxygens (including phenoxy) is 2. The third-order valence-corrected chi connectivity index (χ3v) is 4.06. The van der Waals surface area contributed by atoms with Crippen molar-refractivity contribution in [2.75, 3.05) is 13.7 Å². The fourth-order valence-electron chi connectivity index (χ4n) is 2.19. The van der Waals surface area contributed by atoms with E-state index >= 15 is 0 Å². The molecule has 0 fully saturated rings. The topological polar surface area (TPSA) is 44.5 Å². The van der Waals surface area contributed by atoms with E-state index in [9.17, 15) is 0 Å². The van der Waals surface area contributed by atoms with E-state index in [4.69, 9.17) is 38.4 Å². The van der Waals surface area contributed by atoms with E-state index in [1.165, 1.54) is 0 Å². The highest BCUT2D eigenvalue weighted by Crippen LogP contribution is 2.34. The van der Waals surface area contributed by atoms with E-state index in [1.807, 2.05) is 24.3 Å². The highest BCUT2D eigenvalue weighted by Gasteiger charge is 2.13. The van der Waals surface area contributed by atoms with Crippen molar-refractivity contribution < 1.29 is 9.47 Å². The van der Waals surface area contributed by atoms with Gasteiger partial charge in [-0.3, -0.25) is 0 Å². The predicted octanol–water partition coefficient (Wildman–Crippen LogP) is 4.47. The van der Waals surface area contributed by atoms with Gasteiger partial charge in [0.2, 0.25) is 0 Å². The van der Waals surface area contributed by atoms with Crippen LogP contribution in [0.5, 0.6) is 11.5 Å². The molecule has 118 valence electrons. The molecular weight excluding hydrogens is 321 g/mol. The van der Waals surface area contributed by atoms with Crippen LogP contribution in [0.4, 0.5) is 0 Å². The molecule has 2 aromatic rings. The molecule has 0 aliphatic rings. The molecule has 5 heteroatoms. The van der Waals surface area contributed by atoms with Gasteiger partial charge in [-0.25, -0.2) is 0 Å². The standard InChI is InChI=1S/C17H19Cl2NO2/c1-21-16-9-2-5-12(6-4-10-20)17(16)22-11-13-14(18)7-3-8-15(13)19/h2-3,5,7-9H,4,6,10-11,20H2,1H3. The zero-order chi connectivity index (χ0) is 15.9. The third-order valence-electron chi connectivity index (χ3n) is 3.35. The van der Waals surface area contributed by atoms with Gasteiger partial charge < -0.3 is 15.2 Å². The molecule has 0 radical (unpaired) electrons. The Bertz CT molecular complexity index is 612. The summed E-state index contributed by atoms with van der Waals surface area (Å²) >= 11 is 12.4. The summed E-state index contributed by atoms with van der Waals surface area (Å²) < 4.78 is 11.4. The van der Waals surface area contributed by atoms with Crippen LogP contribution in [0.1, 0.15) is 17.5 Å². The van der Waals surface area contributed by atoms with E-state index in [1.54, 1.807) is 19.2 Å². The van der Waals surface area contributed by atoms with Gasteiger partial charge in [-0.1, -0.05) is 41.4 Å². The summed E-state index contributed by atoms with van der Waals surface area (Å²) in [4.78, 5) is 0. The Hall–Kier alpha value is -1.42. The fourth-order valence-corrected chi connectivity index (χ4v) is 2.70. The maximum Gasteiger partial charge on any atom is 0.164 e. The average molecular weight is 340 g/mol. The Morgan fingerprint density at radius 3 is 2.36 bits per heavy atom. The monoisotopic (exact) mass is 339 g/mol. The largest absolute Gasteiger partial charge is 0.493 e. The highest BCUT2D eigenvalue weighted by molar-refractivity contribution is 6.35. The second-order valence-corrected chi connectivity index (χ2v) is 5.64. The first-order valence-electron chi connectivity index (χ1n) is 7.09. The number of aryl methyl sites for hydroxylation is 1. The minimum atomic E-state index is 0.286. The zero-order valence-electron chi connectivity index (χ0n) is 12.4. The van der Waals surface area contributed by atoms with E-state index in [0.717, 1.165) is 29.7 Å². The van der Waals surface area contributed by atoms with Gasteiger partial charge in [0.25, 0.3) is 0 Å². The van der Waals surface area contributed by atoms with Crippen LogP contribution < -0.4 is 15.2 Å². The van der Waals surface area contributed by atoms with Crippen molar-refractivity contribution in [2.24, 2.45) is 5.73 Å². The van der Waals surface area contributed by atoms with Gasteiger partial charge in [0.15, 0.2) is 11.5 Å². The van der Waals surface area contributed by atoms with E-state index in [-0.39, 0.29) is 6.61 Å². The molecule has 0 aliphatic carbocycles. The first-order chi connectivity index (χ1) is 10.7. The summed E-state index contributed by atoms with van der Waals surface area (Å²) in [6.45, 7) is 0.918. The molecule has 22 heavy (non-hydrogen) atoms. The molecule has 2 rings (SSSR count). The van der Waals surface area contributed by atoms with Crippen LogP contribution >= 0.6 is 23.2 Å². The molecule has 2 aromatic carbocycles. The fraction of sp³-hybridized carbons (Fsp3) is 0.294. The van der Waals surface area contributed by atoms with Gasteiger partial charge in [0, 0.05) is 15.6 Å². The lowest BCUT2D eigenvalue weighted by atomic mass is 10.1. The number of halogens is 2. The minimum absolute atomic E-state index is 0.286. The maximum atomic E-state index is 6.18. The molecule has 0 saturated heterocycles. The smallest absolute Gasteiger partial charge is 0.164 e. The Balaban J connectivity index is 2.24. The van der Waals surface area contributed by atoms with Crippen LogP contribution in [-0.2, 0) is 13.0 Å². The normalized spacial score (nSPS) is 10.5. The van der Waals surface area contributed by atoms with Crippen LogP contribution in [0.2, 0.25) is 10.0 Å². The molecule has 3 nitrogen and oxygen atoms in total. The van der Waals surface area contributed by atoms with Crippen molar-refractivity contribution in [3.63, 3.8) is 0 Å². The number of para-hydroxylation sites is 1. The van der Waals surface area contributed by atoms with Gasteiger partial charge in [0.05, 0.1) is 7.11 Å². The Morgan fingerprint density at radius 1 is 1.05 bits per heavy atom. The molecule has 0 unspecified atom stereocenters. The number of benzene rings is 2. The second-order valence-electron chi connectivity index (χ2n) is 4.83. The minimum Gasteiger partial charge on any atom is -0.493 e. The summed E-state index contributed by atoms with van der Waals surface area (Å²) in [7, 11) is 1.62. The first kappa shape index (κ1) is 16.9. The summed E-state index contributed by atoms with van der Waals surface area (Å²) in [6.07, 6.45) is 1.72. The third kappa shape index (κ3) is 4.07. The van der Waals surface area contributed by atoms with Gasteiger partial charge in [0.1, 0.15) is 6.61 Å². The first-order valence-corrected chi connectivity index (χ1v) is 7.84. The van der Waals surface area contributed by atoms with Crippen molar-refractivity contribution in [1.29, 1.82) is 0 Å². The lowest BCUT2D eigenvalue weighted by Crippen LogP contribution is -2.05. The summed E-state index contributed by atoms with van der Waals surface area (Å²) in [5, 5.41) is 1.18. The number of rotatable bonds is 7. The summed E-state index contributed by atoms with van der Waals surface area (Å²) in [6, 6.07) is 11.2. The van der Waals surface area contributed by atoms with Crippen LogP contribution in [0, 0.1) is 0 Å². The molecule has 0 saturated carbocycles. The molecule has 0 amide bonds. The number of hydrogen-bond acceptors (Lipinski definition) is 3. The van der Waals surface area contributed by atoms with Crippen molar-refractivity contribution >= 4 is 23.2 Å². The Morgan fingerprint density at radius 2 is 1.73 bits per heavy atom. The molecule has 0 atom stereocenters. The number of nitrogens with two attached hydrogens (primary N) is 1. The van der Waals surface area contributed by atoms with Gasteiger partial charge in [-0.2, -0.15) is 0 Å². The van der Waals surface area contributed by atoms with Crippen LogP contribution in [0.15, 0.2) is 36.4 Å². The van der Waals surface area contributed by atoms with Gasteiger partial charge in [-0.05, 0) is 43.1 Å². The molecular formula is C17H19Cl2NO2. The van der Waals surface area contributed by atoms with Gasteiger partial charge in [-0.15, -0.1) is 0 Å². The number of methoxy groups -OCH3 is 1. The van der Waals surface area contributed by atoms with Crippen LogP contribution in [0.3, 0.4) is 0 Å². The molecule has 0 aromatic heterocycles. The van der Waals surface area contributed by atoms with E-state index < -0.39 is 0 Å². The molecule has 0 heterocycles. The van der Waals surface area contributed by atoms with E-state index in [2.05, 4.69) is 0 Å². The lowest BCUT2D eigenvalue weighted by Gasteiger charge is -2.16. The highest BCUT2D eigenvalue weighted by atomic mass is 35.5. The molecule has 2 N–H and O–H groups in total. The predicted molar refractivity (Wildman–Crippen MR) is 91.2 cm³/mol. The summed E-state index contributed by atoms with van der Waals surface area (Å²) in [5.74, 6) is 1.41. The molecule has 0 aliphatic heterocycles. The maximum absolute atomic E-state index is 6.18. The van der Waals surface area contributed by atoms with Crippen molar-refractivity contribution in [1.82, 2.24) is 0 Å². The van der Waals surface area contributed by atoms with Crippen molar-refractivity contribution in [2.45, 2.75) is 19.4 Å². The summed E-state index contributed by atoms with van der Waals surface area (Å²) in [5.41, 5.74) is 7.42. The SMILES string of the molecule is COc1cccc(CCCN)c1OCc1c(Cl)cccc1Cl. The van der Waals surface area contributed by atoms with Crippen LogP contribution in [-0.4, -0.2) is 13.7 Å². The quantitative estimate of drug-likeness (QED) is 0.809. The van der Waals surface area contributed by atoms with Crippen molar-refractivity contribution in [3.05, 3.63) is 57.6 Å². The van der Waals surface area contributed by atoms with Gasteiger partial charge >= 0.3 is 0 Å². The average Bonchev–Trinajstić information content (AvgIpc) is 2.52.